The Morgan fingerprint density at radius 3 is 2.37 bits per heavy atom. The number of hydrogen-bond donors (Lipinski definition) is 2. The SMILES string of the molecule is O=NC(=O)CC1CCC(c2ccc(-c3ccc(-c4nc5ccc(-c6c[nH][n+](-c7ccccc7)c6)cc5[nH]4)cn3)cc2)CC1. The third kappa shape index (κ3) is 5.64. The minimum Gasteiger partial charge on any atom is -0.338 e. The van der Waals surface area contributed by atoms with Crippen LogP contribution >= 0.6 is 0 Å². The number of amides is 1. The van der Waals surface area contributed by atoms with Crippen molar-refractivity contribution in [3.8, 4) is 39.5 Å². The van der Waals surface area contributed by atoms with E-state index in [-0.39, 0.29) is 12.3 Å². The van der Waals surface area contributed by atoms with Crippen molar-refractivity contribution in [1.82, 2.24) is 20.1 Å². The maximum absolute atomic E-state index is 11.4. The van der Waals surface area contributed by atoms with E-state index in [9.17, 15) is 9.70 Å². The molecule has 0 saturated heterocycles. The molecule has 0 bridgehead atoms. The number of hydrogen-bond acceptors (Lipinski definition) is 4. The van der Waals surface area contributed by atoms with Crippen LogP contribution in [0.5, 0.6) is 0 Å². The van der Waals surface area contributed by atoms with Crippen molar-refractivity contribution >= 4 is 16.9 Å². The van der Waals surface area contributed by atoms with E-state index >= 15 is 0 Å². The van der Waals surface area contributed by atoms with Gasteiger partial charge in [0.2, 0.25) is 11.9 Å². The summed E-state index contributed by atoms with van der Waals surface area (Å²) in [7, 11) is 0. The molecule has 212 valence electrons. The van der Waals surface area contributed by atoms with Gasteiger partial charge in [-0.15, -0.1) is 4.91 Å². The predicted molar refractivity (Wildman–Crippen MR) is 166 cm³/mol. The van der Waals surface area contributed by atoms with E-state index in [0.717, 1.165) is 76.2 Å². The summed E-state index contributed by atoms with van der Waals surface area (Å²) in [6, 6.07) is 29.2. The first kappa shape index (κ1) is 26.6. The Labute approximate surface area is 248 Å². The van der Waals surface area contributed by atoms with Gasteiger partial charge in [0, 0.05) is 41.1 Å². The Morgan fingerprint density at radius 2 is 1.63 bits per heavy atom. The number of rotatable bonds is 7. The molecular weight excluding hydrogens is 536 g/mol. The minimum absolute atomic E-state index is 0.281. The van der Waals surface area contributed by atoms with Crippen LogP contribution in [0.25, 0.3) is 50.5 Å². The van der Waals surface area contributed by atoms with Gasteiger partial charge in [0.1, 0.15) is 5.82 Å². The molecule has 7 rings (SSSR count). The van der Waals surface area contributed by atoms with E-state index in [2.05, 4.69) is 76.1 Å². The van der Waals surface area contributed by atoms with E-state index in [4.69, 9.17) is 9.97 Å². The molecule has 43 heavy (non-hydrogen) atoms. The highest BCUT2D eigenvalue weighted by Crippen LogP contribution is 2.38. The minimum atomic E-state index is -0.523. The molecule has 1 amide bonds. The largest absolute Gasteiger partial charge is 0.338 e. The summed E-state index contributed by atoms with van der Waals surface area (Å²) >= 11 is 0. The molecule has 1 fully saturated rings. The van der Waals surface area contributed by atoms with Crippen LogP contribution in [0.15, 0.2) is 109 Å². The molecule has 1 aliphatic rings. The molecule has 0 aliphatic heterocycles. The highest BCUT2D eigenvalue weighted by Gasteiger charge is 2.24. The second-order valence-corrected chi connectivity index (χ2v) is 11.3. The number of para-hydroxylation sites is 1. The average Bonchev–Trinajstić information content (AvgIpc) is 3.74. The van der Waals surface area contributed by atoms with Crippen LogP contribution < -0.4 is 4.68 Å². The van der Waals surface area contributed by atoms with Crippen LogP contribution in [0.3, 0.4) is 0 Å². The smallest absolute Gasteiger partial charge is 0.286 e. The predicted octanol–water partition coefficient (Wildman–Crippen LogP) is 7.52. The first-order chi connectivity index (χ1) is 21.1. The molecule has 3 aromatic carbocycles. The third-order valence-corrected chi connectivity index (χ3v) is 8.60. The highest BCUT2D eigenvalue weighted by atomic mass is 16.3. The summed E-state index contributed by atoms with van der Waals surface area (Å²) in [6.45, 7) is 0. The summed E-state index contributed by atoms with van der Waals surface area (Å²) in [4.78, 5) is 34.8. The van der Waals surface area contributed by atoms with Crippen LogP contribution in [0, 0.1) is 10.8 Å². The van der Waals surface area contributed by atoms with Gasteiger partial charge in [0.25, 0.3) is 5.91 Å². The van der Waals surface area contributed by atoms with Crippen LogP contribution in [0.1, 0.15) is 43.6 Å². The lowest BCUT2D eigenvalue weighted by Gasteiger charge is -2.28. The number of nitrogens with one attached hydrogen (secondary N) is 2. The lowest BCUT2D eigenvalue weighted by Crippen LogP contribution is -2.31. The van der Waals surface area contributed by atoms with E-state index in [1.54, 1.807) is 0 Å². The summed E-state index contributed by atoms with van der Waals surface area (Å²) in [5.74, 6) is 1.03. The standard InChI is InChI=1S/C35H30N6O2/c42-34(40-43)18-23-6-8-24(9-7-23)25-10-12-26(13-11-25)31-16-15-28(20-36-31)35-38-32-17-14-27(19-33(32)39-35)29-21-37-41(22-29)30-4-2-1-3-5-30/h1-5,10-17,19-24H,6-9,18H2,(H,38,39)/p+1. The van der Waals surface area contributed by atoms with Gasteiger partial charge in [-0.1, -0.05) is 53.2 Å². The number of benzene rings is 3. The van der Waals surface area contributed by atoms with Crippen molar-refractivity contribution in [2.24, 2.45) is 11.1 Å². The Morgan fingerprint density at radius 1 is 0.860 bits per heavy atom. The Bertz CT molecular complexity index is 1880. The molecule has 1 aliphatic carbocycles. The number of nitrogens with zero attached hydrogens (tertiary/aromatic N) is 4. The fourth-order valence-electron chi connectivity index (χ4n) is 6.19. The zero-order valence-electron chi connectivity index (χ0n) is 23.6. The Hall–Kier alpha value is -5.24. The number of pyridine rings is 1. The molecule has 0 unspecified atom stereocenters. The molecule has 8 heteroatoms. The number of nitroso groups, excluding NO2 is 1. The van der Waals surface area contributed by atoms with Crippen LogP contribution in [-0.2, 0) is 4.79 Å². The van der Waals surface area contributed by atoms with Crippen molar-refractivity contribution in [1.29, 1.82) is 0 Å². The molecule has 0 atom stereocenters. The maximum atomic E-state index is 11.4. The van der Waals surface area contributed by atoms with Gasteiger partial charge in [-0.2, -0.15) is 5.10 Å². The van der Waals surface area contributed by atoms with Crippen LogP contribution in [-0.4, -0.2) is 26.0 Å². The third-order valence-electron chi connectivity index (χ3n) is 8.60. The number of H-pyrrole nitrogens is 2. The first-order valence-corrected chi connectivity index (χ1v) is 14.7. The Balaban J connectivity index is 1.03. The molecular formula is C35H31N6O2+. The molecule has 0 spiro atoms. The molecule has 2 N–H and O–H groups in total. The van der Waals surface area contributed by atoms with Crippen LogP contribution in [0.2, 0.25) is 0 Å². The fraction of sp³-hybridized carbons (Fsp3) is 0.200. The summed E-state index contributed by atoms with van der Waals surface area (Å²) < 4.78 is 2.00. The molecule has 1 saturated carbocycles. The van der Waals surface area contributed by atoms with Gasteiger partial charge in [-0.05, 0) is 72.9 Å². The lowest BCUT2D eigenvalue weighted by atomic mass is 9.77. The van der Waals surface area contributed by atoms with Gasteiger partial charge in [0.05, 0.1) is 28.5 Å². The van der Waals surface area contributed by atoms with Gasteiger partial charge >= 0.3 is 0 Å². The maximum Gasteiger partial charge on any atom is 0.286 e. The van der Waals surface area contributed by atoms with Gasteiger partial charge in [0.15, 0.2) is 0 Å². The molecule has 6 aromatic rings. The second-order valence-electron chi connectivity index (χ2n) is 11.3. The Kier molecular flexibility index (Phi) is 7.17. The van der Waals surface area contributed by atoms with Crippen LogP contribution in [0.4, 0.5) is 0 Å². The van der Waals surface area contributed by atoms with Crippen molar-refractivity contribution in [2.45, 2.75) is 38.0 Å². The van der Waals surface area contributed by atoms with Crippen molar-refractivity contribution in [3.05, 3.63) is 114 Å². The number of carbonyl (C=O) groups is 1. The monoisotopic (exact) mass is 567 g/mol. The van der Waals surface area contributed by atoms with E-state index in [1.807, 2.05) is 47.4 Å². The van der Waals surface area contributed by atoms with Crippen molar-refractivity contribution < 1.29 is 9.48 Å². The van der Waals surface area contributed by atoms with E-state index in [0.29, 0.717) is 5.92 Å². The fourth-order valence-corrected chi connectivity index (χ4v) is 6.19. The summed E-state index contributed by atoms with van der Waals surface area (Å²) in [6.07, 6.45) is 10.2. The van der Waals surface area contributed by atoms with E-state index < -0.39 is 5.91 Å². The van der Waals surface area contributed by atoms with E-state index in [1.165, 1.54) is 5.56 Å². The van der Waals surface area contributed by atoms with Gasteiger partial charge in [-0.25, -0.2) is 4.98 Å². The summed E-state index contributed by atoms with van der Waals surface area (Å²) in [5.41, 5.74) is 9.38. The number of aromatic amines is 2. The van der Waals surface area contributed by atoms with Gasteiger partial charge in [-0.3, -0.25) is 9.78 Å². The molecule has 3 aromatic heterocycles. The number of imidazole rings is 1. The molecule has 3 heterocycles. The van der Waals surface area contributed by atoms with Crippen molar-refractivity contribution in [2.75, 3.05) is 0 Å². The normalized spacial score (nSPS) is 16.7. The number of carbonyl (C=O) groups excluding carboxylic acids is 1. The molecule has 0 radical (unpaired) electrons. The number of fused-ring (bicyclic) bond motifs is 1. The zero-order valence-corrected chi connectivity index (χ0v) is 23.6. The lowest BCUT2D eigenvalue weighted by molar-refractivity contribution is -0.655. The van der Waals surface area contributed by atoms with Gasteiger partial charge < -0.3 is 4.98 Å². The molecule has 8 nitrogen and oxygen atoms in total. The van der Waals surface area contributed by atoms with Crippen molar-refractivity contribution in [3.63, 3.8) is 0 Å². The zero-order chi connectivity index (χ0) is 29.2. The first-order valence-electron chi connectivity index (χ1n) is 14.7. The quantitative estimate of drug-likeness (QED) is 0.154. The second kappa shape index (κ2) is 11.6. The topological polar surface area (TPSA) is 108 Å². The number of aromatic nitrogens is 5. The average molecular weight is 568 g/mol. The highest BCUT2D eigenvalue weighted by molar-refractivity contribution is 5.84. The summed E-state index contributed by atoms with van der Waals surface area (Å²) in [5, 5.41) is 5.86.